The van der Waals surface area contributed by atoms with Crippen LogP contribution in [0.4, 0.5) is 0 Å². The molecular formula is C14H13N3O2S. The molecule has 102 valence electrons. The molecule has 0 N–H and O–H groups in total. The first kappa shape index (κ1) is 12.8. The zero-order valence-electron chi connectivity index (χ0n) is 11.2. The minimum Gasteiger partial charge on any atom is -0.361 e. The number of aryl methyl sites for hydroxylation is 2. The molecule has 3 rings (SSSR count). The predicted octanol–water partition coefficient (Wildman–Crippen LogP) is 2.76. The molecule has 0 radical (unpaired) electrons. The molecule has 0 spiro atoms. The third-order valence-corrected chi connectivity index (χ3v) is 4.01. The largest absolute Gasteiger partial charge is 0.361 e. The summed E-state index contributed by atoms with van der Waals surface area (Å²) >= 11 is 1.50. The molecule has 0 unspecified atom stereocenters. The van der Waals surface area contributed by atoms with Gasteiger partial charge in [0.1, 0.15) is 5.76 Å². The second kappa shape index (κ2) is 5.05. The lowest BCUT2D eigenvalue weighted by Crippen LogP contribution is -2.15. The van der Waals surface area contributed by atoms with E-state index in [1.807, 2.05) is 35.8 Å². The summed E-state index contributed by atoms with van der Waals surface area (Å²) in [5.41, 5.74) is 1.32. The maximum Gasteiger partial charge on any atom is 0.301 e. The SMILES string of the molecule is CCn1c(=NC(=O)c2cc(C)on2)sc2ccccc21. The lowest BCUT2D eigenvalue weighted by Gasteiger charge is -1.98. The molecule has 0 saturated carbocycles. The highest BCUT2D eigenvalue weighted by Gasteiger charge is 2.11. The summed E-state index contributed by atoms with van der Waals surface area (Å²) in [4.78, 5) is 16.9. The van der Waals surface area contributed by atoms with Crippen molar-refractivity contribution in [2.24, 2.45) is 4.99 Å². The van der Waals surface area contributed by atoms with Gasteiger partial charge in [-0.3, -0.25) is 4.79 Å². The molecule has 3 aromatic rings. The van der Waals surface area contributed by atoms with E-state index >= 15 is 0 Å². The van der Waals surface area contributed by atoms with E-state index in [-0.39, 0.29) is 11.6 Å². The maximum absolute atomic E-state index is 12.1. The molecule has 0 aliphatic rings. The second-order valence-electron chi connectivity index (χ2n) is 4.34. The van der Waals surface area contributed by atoms with Crippen LogP contribution in [0.1, 0.15) is 23.2 Å². The number of carbonyl (C=O) groups excluding carboxylic acids is 1. The number of thiazole rings is 1. The highest BCUT2D eigenvalue weighted by Crippen LogP contribution is 2.16. The zero-order valence-corrected chi connectivity index (χ0v) is 12.0. The topological polar surface area (TPSA) is 60.4 Å². The van der Waals surface area contributed by atoms with E-state index in [1.54, 1.807) is 13.0 Å². The van der Waals surface area contributed by atoms with Gasteiger partial charge >= 0.3 is 5.91 Å². The van der Waals surface area contributed by atoms with Crippen molar-refractivity contribution in [2.45, 2.75) is 20.4 Å². The summed E-state index contributed by atoms with van der Waals surface area (Å²) in [6.45, 7) is 4.53. The Kier molecular flexibility index (Phi) is 3.23. The lowest BCUT2D eigenvalue weighted by atomic mass is 10.3. The van der Waals surface area contributed by atoms with Gasteiger partial charge in [0.15, 0.2) is 10.5 Å². The van der Waals surface area contributed by atoms with Crippen LogP contribution in [0.2, 0.25) is 0 Å². The summed E-state index contributed by atoms with van der Waals surface area (Å²) in [6, 6.07) is 9.60. The molecule has 20 heavy (non-hydrogen) atoms. The summed E-state index contributed by atoms with van der Waals surface area (Å²) in [5, 5.41) is 3.70. The fourth-order valence-electron chi connectivity index (χ4n) is 2.02. The number of fused-ring (bicyclic) bond motifs is 1. The number of para-hydroxylation sites is 1. The number of hydrogen-bond acceptors (Lipinski definition) is 4. The second-order valence-corrected chi connectivity index (χ2v) is 5.35. The third-order valence-electron chi connectivity index (χ3n) is 2.95. The molecule has 0 atom stereocenters. The average Bonchev–Trinajstić information content (AvgIpc) is 3.01. The Morgan fingerprint density at radius 3 is 2.95 bits per heavy atom. The summed E-state index contributed by atoms with van der Waals surface area (Å²) in [7, 11) is 0. The normalized spacial score (nSPS) is 12.2. The van der Waals surface area contributed by atoms with Crippen molar-refractivity contribution >= 4 is 27.5 Å². The number of nitrogens with zero attached hydrogens (tertiary/aromatic N) is 3. The van der Waals surface area contributed by atoms with E-state index in [9.17, 15) is 4.79 Å². The van der Waals surface area contributed by atoms with Crippen LogP contribution in [0.25, 0.3) is 10.2 Å². The van der Waals surface area contributed by atoms with E-state index in [4.69, 9.17) is 4.52 Å². The van der Waals surface area contributed by atoms with Gasteiger partial charge < -0.3 is 9.09 Å². The Morgan fingerprint density at radius 2 is 2.25 bits per heavy atom. The van der Waals surface area contributed by atoms with Crippen LogP contribution in [-0.4, -0.2) is 15.6 Å². The van der Waals surface area contributed by atoms with Gasteiger partial charge in [-0.2, -0.15) is 4.99 Å². The van der Waals surface area contributed by atoms with Gasteiger partial charge in [-0.25, -0.2) is 0 Å². The van der Waals surface area contributed by atoms with E-state index in [1.165, 1.54) is 11.3 Å². The van der Waals surface area contributed by atoms with Gasteiger partial charge in [-0.1, -0.05) is 28.6 Å². The monoisotopic (exact) mass is 287 g/mol. The standard InChI is InChI=1S/C14H13N3O2S/c1-3-17-11-6-4-5-7-12(11)20-14(17)15-13(18)10-8-9(2)19-16-10/h4-8H,3H2,1-2H3. The zero-order chi connectivity index (χ0) is 14.1. The van der Waals surface area contributed by atoms with Crippen molar-refractivity contribution < 1.29 is 9.32 Å². The van der Waals surface area contributed by atoms with Crippen molar-refractivity contribution in [1.29, 1.82) is 0 Å². The molecule has 1 aromatic carbocycles. The Hall–Kier alpha value is -2.21. The first-order valence-electron chi connectivity index (χ1n) is 6.30. The molecule has 2 heterocycles. The number of carbonyl (C=O) groups is 1. The van der Waals surface area contributed by atoms with Crippen LogP contribution < -0.4 is 4.80 Å². The van der Waals surface area contributed by atoms with E-state index in [0.717, 1.165) is 16.8 Å². The average molecular weight is 287 g/mol. The Labute approximate surface area is 119 Å². The van der Waals surface area contributed by atoms with Crippen LogP contribution in [0.5, 0.6) is 0 Å². The molecule has 0 aliphatic heterocycles. The molecule has 2 aromatic heterocycles. The Bertz CT molecular complexity index is 841. The number of benzene rings is 1. The van der Waals surface area contributed by atoms with Gasteiger partial charge in [0.25, 0.3) is 0 Å². The van der Waals surface area contributed by atoms with Crippen LogP contribution >= 0.6 is 11.3 Å². The molecule has 0 aliphatic carbocycles. The highest BCUT2D eigenvalue weighted by molar-refractivity contribution is 7.16. The lowest BCUT2D eigenvalue weighted by molar-refractivity contribution is 0.0989. The molecular weight excluding hydrogens is 274 g/mol. The smallest absolute Gasteiger partial charge is 0.301 e. The summed E-state index contributed by atoms with van der Waals surface area (Å²) < 4.78 is 8.03. The van der Waals surface area contributed by atoms with Gasteiger partial charge in [0.05, 0.1) is 10.2 Å². The maximum atomic E-state index is 12.1. The van der Waals surface area contributed by atoms with Crippen LogP contribution in [0.15, 0.2) is 39.8 Å². The van der Waals surface area contributed by atoms with Crippen molar-refractivity contribution in [2.75, 3.05) is 0 Å². The van der Waals surface area contributed by atoms with E-state index in [2.05, 4.69) is 10.1 Å². The van der Waals surface area contributed by atoms with Gasteiger partial charge in [-0.05, 0) is 26.0 Å². The number of hydrogen-bond donors (Lipinski definition) is 0. The Balaban J connectivity index is 2.13. The Morgan fingerprint density at radius 1 is 1.45 bits per heavy atom. The number of amides is 1. The summed E-state index contributed by atoms with van der Waals surface area (Å²) in [5.74, 6) is 0.221. The van der Waals surface area contributed by atoms with Crippen LogP contribution in [-0.2, 0) is 6.54 Å². The fourth-order valence-corrected chi connectivity index (χ4v) is 3.12. The molecule has 1 amide bonds. The highest BCUT2D eigenvalue weighted by atomic mass is 32.1. The van der Waals surface area contributed by atoms with Crippen molar-refractivity contribution in [3.05, 3.63) is 46.6 Å². The quantitative estimate of drug-likeness (QED) is 0.728. The predicted molar refractivity (Wildman–Crippen MR) is 76.6 cm³/mol. The first-order valence-corrected chi connectivity index (χ1v) is 7.11. The van der Waals surface area contributed by atoms with Crippen molar-refractivity contribution in [3.63, 3.8) is 0 Å². The summed E-state index contributed by atoms with van der Waals surface area (Å²) in [6.07, 6.45) is 0. The van der Waals surface area contributed by atoms with Crippen molar-refractivity contribution in [3.8, 4) is 0 Å². The van der Waals surface area contributed by atoms with Crippen molar-refractivity contribution in [1.82, 2.24) is 9.72 Å². The number of rotatable bonds is 2. The molecule has 0 saturated heterocycles. The fraction of sp³-hybridized carbons (Fsp3) is 0.214. The first-order chi connectivity index (χ1) is 9.69. The van der Waals surface area contributed by atoms with E-state index in [0.29, 0.717) is 10.6 Å². The minimum atomic E-state index is -0.379. The van der Waals surface area contributed by atoms with Gasteiger partial charge in [-0.15, -0.1) is 0 Å². The van der Waals surface area contributed by atoms with Crippen LogP contribution in [0, 0.1) is 6.92 Å². The molecule has 0 fully saturated rings. The minimum absolute atomic E-state index is 0.239. The van der Waals surface area contributed by atoms with Gasteiger partial charge in [0, 0.05) is 12.6 Å². The molecule has 0 bridgehead atoms. The third kappa shape index (κ3) is 2.18. The molecule has 5 nitrogen and oxygen atoms in total. The van der Waals surface area contributed by atoms with Crippen LogP contribution in [0.3, 0.4) is 0 Å². The molecule has 6 heteroatoms. The van der Waals surface area contributed by atoms with Gasteiger partial charge in [0.2, 0.25) is 0 Å². The van der Waals surface area contributed by atoms with E-state index < -0.39 is 0 Å². The number of aromatic nitrogens is 2.